The number of nitrogens with zero attached hydrogens (tertiary/aromatic N) is 1. The first kappa shape index (κ1) is 14.8. The first-order valence-corrected chi connectivity index (χ1v) is 6.71. The number of anilines is 1. The third-order valence-corrected chi connectivity index (χ3v) is 3.22. The molecule has 3 N–H and O–H groups in total. The molecule has 0 bridgehead atoms. The van der Waals surface area contributed by atoms with E-state index >= 15 is 0 Å². The zero-order valence-electron chi connectivity index (χ0n) is 11.8. The maximum absolute atomic E-state index is 12.1. The SMILES string of the molecule is CNC(=O)c1ccccc1NCC(=O)N1CCNC(=O)C1. The number of piperazine rings is 1. The van der Waals surface area contributed by atoms with Crippen LogP contribution in [0.1, 0.15) is 10.4 Å². The molecule has 1 aliphatic heterocycles. The van der Waals surface area contributed by atoms with Crippen molar-refractivity contribution in [2.75, 3.05) is 38.5 Å². The number of para-hydroxylation sites is 1. The summed E-state index contributed by atoms with van der Waals surface area (Å²) >= 11 is 0. The molecule has 0 aliphatic carbocycles. The largest absolute Gasteiger partial charge is 0.376 e. The Kier molecular flexibility index (Phi) is 4.76. The van der Waals surface area contributed by atoms with Gasteiger partial charge in [-0.3, -0.25) is 14.4 Å². The van der Waals surface area contributed by atoms with Crippen LogP contribution >= 0.6 is 0 Å². The quantitative estimate of drug-likeness (QED) is 0.692. The van der Waals surface area contributed by atoms with Gasteiger partial charge in [0.15, 0.2) is 0 Å². The molecule has 0 radical (unpaired) electrons. The van der Waals surface area contributed by atoms with Crippen molar-refractivity contribution in [2.24, 2.45) is 0 Å². The van der Waals surface area contributed by atoms with Gasteiger partial charge in [-0.05, 0) is 12.1 Å². The lowest BCUT2D eigenvalue weighted by atomic mass is 10.1. The molecule has 0 atom stereocenters. The van der Waals surface area contributed by atoms with Crippen molar-refractivity contribution < 1.29 is 14.4 Å². The maximum atomic E-state index is 12.1. The summed E-state index contributed by atoms with van der Waals surface area (Å²) in [6, 6.07) is 6.96. The topological polar surface area (TPSA) is 90.5 Å². The summed E-state index contributed by atoms with van der Waals surface area (Å²) in [5.41, 5.74) is 1.07. The molecule has 1 fully saturated rings. The number of benzene rings is 1. The molecular weight excluding hydrogens is 272 g/mol. The van der Waals surface area contributed by atoms with E-state index in [0.717, 1.165) is 0 Å². The Labute approximate surface area is 122 Å². The van der Waals surface area contributed by atoms with Crippen molar-refractivity contribution in [2.45, 2.75) is 0 Å². The van der Waals surface area contributed by atoms with Gasteiger partial charge >= 0.3 is 0 Å². The molecule has 1 aromatic carbocycles. The molecule has 0 unspecified atom stereocenters. The van der Waals surface area contributed by atoms with Crippen molar-refractivity contribution in [1.82, 2.24) is 15.5 Å². The molecule has 0 spiro atoms. The van der Waals surface area contributed by atoms with Crippen molar-refractivity contribution in [3.05, 3.63) is 29.8 Å². The number of carbonyl (C=O) groups is 3. The Morgan fingerprint density at radius 2 is 2.10 bits per heavy atom. The molecule has 1 saturated heterocycles. The predicted molar refractivity (Wildman–Crippen MR) is 77.9 cm³/mol. The minimum atomic E-state index is -0.220. The third-order valence-electron chi connectivity index (χ3n) is 3.22. The van der Waals surface area contributed by atoms with Gasteiger partial charge in [-0.25, -0.2) is 0 Å². The first-order chi connectivity index (χ1) is 10.1. The lowest BCUT2D eigenvalue weighted by Crippen LogP contribution is -2.51. The Hall–Kier alpha value is -2.57. The summed E-state index contributed by atoms with van der Waals surface area (Å²) < 4.78 is 0. The second-order valence-corrected chi connectivity index (χ2v) is 4.64. The van der Waals surface area contributed by atoms with E-state index in [2.05, 4.69) is 16.0 Å². The van der Waals surface area contributed by atoms with Crippen LogP contribution in [0.4, 0.5) is 5.69 Å². The zero-order chi connectivity index (χ0) is 15.2. The van der Waals surface area contributed by atoms with Crippen LogP contribution in [0.25, 0.3) is 0 Å². The highest BCUT2D eigenvalue weighted by Crippen LogP contribution is 2.14. The Morgan fingerprint density at radius 1 is 1.33 bits per heavy atom. The van der Waals surface area contributed by atoms with Crippen LogP contribution in [-0.4, -0.2) is 55.8 Å². The van der Waals surface area contributed by atoms with Gasteiger partial charge in [0.1, 0.15) is 0 Å². The normalized spacial score (nSPS) is 14.3. The van der Waals surface area contributed by atoms with Crippen LogP contribution in [0.2, 0.25) is 0 Å². The zero-order valence-corrected chi connectivity index (χ0v) is 11.8. The highest BCUT2D eigenvalue weighted by molar-refractivity contribution is 6.00. The average Bonchev–Trinajstić information content (AvgIpc) is 2.52. The van der Waals surface area contributed by atoms with Gasteiger partial charge in [-0.1, -0.05) is 12.1 Å². The van der Waals surface area contributed by atoms with E-state index in [9.17, 15) is 14.4 Å². The molecule has 7 heteroatoms. The third kappa shape index (κ3) is 3.71. The molecule has 21 heavy (non-hydrogen) atoms. The van der Waals surface area contributed by atoms with Gasteiger partial charge in [0, 0.05) is 25.8 Å². The highest BCUT2D eigenvalue weighted by atomic mass is 16.2. The molecule has 7 nitrogen and oxygen atoms in total. The molecular formula is C14H18N4O3. The second kappa shape index (κ2) is 6.74. The summed E-state index contributed by atoms with van der Waals surface area (Å²) in [5, 5.41) is 8.17. The standard InChI is InChI=1S/C14H18N4O3/c1-15-14(21)10-4-2-3-5-11(10)17-8-13(20)18-7-6-16-12(19)9-18/h2-5,17H,6-9H2,1H3,(H,15,21)(H,16,19). The monoisotopic (exact) mass is 290 g/mol. The minimum Gasteiger partial charge on any atom is -0.376 e. The Balaban J connectivity index is 1.98. The number of amides is 3. The van der Waals surface area contributed by atoms with Gasteiger partial charge in [0.2, 0.25) is 11.8 Å². The molecule has 2 rings (SSSR count). The van der Waals surface area contributed by atoms with Crippen molar-refractivity contribution in [1.29, 1.82) is 0 Å². The predicted octanol–water partition coefficient (Wildman–Crippen LogP) is -0.583. The highest BCUT2D eigenvalue weighted by Gasteiger charge is 2.21. The number of carbonyl (C=O) groups excluding carboxylic acids is 3. The average molecular weight is 290 g/mol. The van der Waals surface area contributed by atoms with Crippen molar-refractivity contribution in [3.8, 4) is 0 Å². The van der Waals surface area contributed by atoms with Gasteiger partial charge in [-0.2, -0.15) is 0 Å². The summed E-state index contributed by atoms with van der Waals surface area (Å²) in [4.78, 5) is 36.5. The van der Waals surface area contributed by atoms with Crippen LogP contribution in [-0.2, 0) is 9.59 Å². The fourth-order valence-electron chi connectivity index (χ4n) is 2.10. The fraction of sp³-hybridized carbons (Fsp3) is 0.357. The van der Waals surface area contributed by atoms with Crippen LogP contribution in [0, 0.1) is 0 Å². The Morgan fingerprint density at radius 3 is 2.81 bits per heavy atom. The number of hydrogen-bond donors (Lipinski definition) is 3. The molecule has 1 aromatic rings. The summed E-state index contributed by atoms with van der Waals surface area (Å²) in [6.07, 6.45) is 0. The van der Waals surface area contributed by atoms with Gasteiger partial charge in [0.25, 0.3) is 5.91 Å². The number of rotatable bonds is 4. The Bertz CT molecular complexity index is 559. The molecule has 3 amide bonds. The molecule has 0 aromatic heterocycles. The van der Waals surface area contributed by atoms with E-state index in [1.54, 1.807) is 31.3 Å². The van der Waals surface area contributed by atoms with Gasteiger partial charge < -0.3 is 20.9 Å². The minimum absolute atomic E-state index is 0.0429. The van der Waals surface area contributed by atoms with Crippen molar-refractivity contribution >= 4 is 23.4 Å². The van der Waals surface area contributed by atoms with Crippen LogP contribution < -0.4 is 16.0 Å². The van der Waals surface area contributed by atoms with Crippen LogP contribution in [0.15, 0.2) is 24.3 Å². The molecule has 1 aliphatic rings. The number of hydrogen-bond acceptors (Lipinski definition) is 4. The number of nitrogens with one attached hydrogen (secondary N) is 3. The maximum Gasteiger partial charge on any atom is 0.253 e. The smallest absolute Gasteiger partial charge is 0.253 e. The van der Waals surface area contributed by atoms with Crippen LogP contribution in [0.5, 0.6) is 0 Å². The van der Waals surface area contributed by atoms with Crippen LogP contribution in [0.3, 0.4) is 0 Å². The summed E-state index contributed by atoms with van der Waals surface area (Å²) in [7, 11) is 1.55. The lowest BCUT2D eigenvalue weighted by molar-refractivity contribution is -0.136. The van der Waals surface area contributed by atoms with Gasteiger partial charge in [-0.15, -0.1) is 0 Å². The van der Waals surface area contributed by atoms with Crippen molar-refractivity contribution in [3.63, 3.8) is 0 Å². The van der Waals surface area contributed by atoms with E-state index in [0.29, 0.717) is 24.3 Å². The van der Waals surface area contributed by atoms with Gasteiger partial charge in [0.05, 0.1) is 18.7 Å². The summed E-state index contributed by atoms with van der Waals surface area (Å²) in [6.45, 7) is 1.10. The van der Waals surface area contributed by atoms with E-state index < -0.39 is 0 Å². The second-order valence-electron chi connectivity index (χ2n) is 4.64. The lowest BCUT2D eigenvalue weighted by Gasteiger charge is -2.27. The molecule has 1 heterocycles. The van der Waals surface area contributed by atoms with E-state index in [4.69, 9.17) is 0 Å². The molecule has 112 valence electrons. The fourth-order valence-corrected chi connectivity index (χ4v) is 2.10. The van der Waals surface area contributed by atoms with E-state index in [-0.39, 0.29) is 30.8 Å². The first-order valence-electron chi connectivity index (χ1n) is 6.71. The van der Waals surface area contributed by atoms with E-state index in [1.807, 2.05) is 0 Å². The summed E-state index contributed by atoms with van der Waals surface area (Å²) in [5.74, 6) is -0.542. The van der Waals surface area contributed by atoms with E-state index in [1.165, 1.54) is 4.90 Å². The molecule has 0 saturated carbocycles.